The summed E-state index contributed by atoms with van der Waals surface area (Å²) in [7, 11) is 0. The Morgan fingerprint density at radius 2 is 2.11 bits per heavy atom. The highest BCUT2D eigenvalue weighted by Gasteiger charge is 2.15. The third-order valence-electron chi connectivity index (χ3n) is 3.04. The van der Waals surface area contributed by atoms with Crippen molar-refractivity contribution in [2.75, 3.05) is 19.6 Å². The SMILES string of the molecule is CCN(CC)CC(C)NC(=O)c1cnc(C)cc1Cl. The molecule has 1 amide bonds. The van der Waals surface area contributed by atoms with Gasteiger partial charge in [0.25, 0.3) is 5.91 Å². The van der Waals surface area contributed by atoms with Gasteiger partial charge in [-0.25, -0.2) is 0 Å². The van der Waals surface area contributed by atoms with Crippen molar-refractivity contribution in [3.63, 3.8) is 0 Å². The highest BCUT2D eigenvalue weighted by molar-refractivity contribution is 6.33. The van der Waals surface area contributed by atoms with Crippen molar-refractivity contribution in [3.05, 3.63) is 28.5 Å². The van der Waals surface area contributed by atoms with Gasteiger partial charge < -0.3 is 10.2 Å². The van der Waals surface area contributed by atoms with Crippen LogP contribution < -0.4 is 5.32 Å². The topological polar surface area (TPSA) is 45.2 Å². The van der Waals surface area contributed by atoms with Gasteiger partial charge >= 0.3 is 0 Å². The van der Waals surface area contributed by atoms with Crippen LogP contribution in [0.1, 0.15) is 36.8 Å². The number of halogens is 1. The molecular weight excluding hydrogens is 262 g/mol. The zero-order valence-electron chi connectivity index (χ0n) is 12.0. The summed E-state index contributed by atoms with van der Waals surface area (Å²) in [6.07, 6.45) is 1.52. The summed E-state index contributed by atoms with van der Waals surface area (Å²) in [6, 6.07) is 1.77. The van der Waals surface area contributed by atoms with Crippen LogP contribution in [0.25, 0.3) is 0 Å². The van der Waals surface area contributed by atoms with Crippen LogP contribution in [-0.2, 0) is 0 Å². The second-order valence-corrected chi connectivity index (χ2v) is 5.07. The third-order valence-corrected chi connectivity index (χ3v) is 3.35. The summed E-state index contributed by atoms with van der Waals surface area (Å²) >= 11 is 6.06. The number of aryl methyl sites for hydroxylation is 1. The van der Waals surface area contributed by atoms with Crippen molar-refractivity contribution in [1.82, 2.24) is 15.2 Å². The molecule has 106 valence electrons. The maximum Gasteiger partial charge on any atom is 0.254 e. The molecular formula is C14H22ClN3O. The summed E-state index contributed by atoms with van der Waals surface area (Å²) in [5, 5.41) is 3.40. The standard InChI is InChI=1S/C14H22ClN3O/c1-5-18(6-2)9-11(4)17-14(19)12-8-16-10(3)7-13(12)15/h7-8,11H,5-6,9H2,1-4H3,(H,17,19). The van der Waals surface area contributed by atoms with E-state index >= 15 is 0 Å². The van der Waals surface area contributed by atoms with E-state index in [2.05, 4.69) is 29.0 Å². The van der Waals surface area contributed by atoms with Gasteiger partial charge in [-0.15, -0.1) is 0 Å². The molecule has 0 radical (unpaired) electrons. The maximum absolute atomic E-state index is 12.1. The van der Waals surface area contributed by atoms with Crippen LogP contribution in [0.2, 0.25) is 5.02 Å². The molecule has 5 heteroatoms. The van der Waals surface area contributed by atoms with Crippen LogP contribution in [0.4, 0.5) is 0 Å². The molecule has 0 aromatic carbocycles. The van der Waals surface area contributed by atoms with Gasteiger partial charge in [-0.1, -0.05) is 25.4 Å². The molecule has 0 fully saturated rings. The first-order valence-corrected chi connectivity index (χ1v) is 7.01. The first kappa shape index (κ1) is 15.9. The minimum atomic E-state index is -0.169. The smallest absolute Gasteiger partial charge is 0.254 e. The lowest BCUT2D eigenvalue weighted by molar-refractivity contribution is 0.0930. The fraction of sp³-hybridized carbons (Fsp3) is 0.571. The van der Waals surface area contributed by atoms with Gasteiger partial charge in [-0.3, -0.25) is 9.78 Å². The van der Waals surface area contributed by atoms with Crippen molar-refractivity contribution >= 4 is 17.5 Å². The number of likely N-dealkylation sites (N-methyl/N-ethyl adjacent to an activating group) is 1. The van der Waals surface area contributed by atoms with Crippen LogP contribution in [-0.4, -0.2) is 41.5 Å². The van der Waals surface area contributed by atoms with E-state index in [1.807, 2.05) is 13.8 Å². The first-order valence-electron chi connectivity index (χ1n) is 6.63. The lowest BCUT2D eigenvalue weighted by Crippen LogP contribution is -2.42. The molecule has 19 heavy (non-hydrogen) atoms. The highest BCUT2D eigenvalue weighted by Crippen LogP contribution is 2.15. The Labute approximate surface area is 120 Å². The summed E-state index contributed by atoms with van der Waals surface area (Å²) in [4.78, 5) is 18.5. The average Bonchev–Trinajstić information content (AvgIpc) is 2.35. The lowest BCUT2D eigenvalue weighted by atomic mass is 10.2. The molecule has 0 aliphatic carbocycles. The van der Waals surface area contributed by atoms with Crippen LogP contribution >= 0.6 is 11.6 Å². The van der Waals surface area contributed by atoms with E-state index in [4.69, 9.17) is 11.6 Å². The minimum Gasteiger partial charge on any atom is -0.348 e. The predicted octanol–water partition coefficient (Wildman–Crippen LogP) is 2.50. The Hall–Kier alpha value is -1.13. The number of hydrogen-bond donors (Lipinski definition) is 1. The van der Waals surface area contributed by atoms with Crippen molar-refractivity contribution in [2.45, 2.75) is 33.7 Å². The molecule has 1 aromatic rings. The highest BCUT2D eigenvalue weighted by atomic mass is 35.5. The Kier molecular flexibility index (Phi) is 6.25. The largest absolute Gasteiger partial charge is 0.348 e. The second-order valence-electron chi connectivity index (χ2n) is 4.67. The summed E-state index contributed by atoms with van der Waals surface area (Å²) in [6.45, 7) is 10.8. The zero-order chi connectivity index (χ0) is 14.4. The molecule has 0 aliphatic heterocycles. The maximum atomic E-state index is 12.1. The second kappa shape index (κ2) is 7.46. The summed E-state index contributed by atoms with van der Waals surface area (Å²) in [5.74, 6) is -0.169. The molecule has 0 saturated heterocycles. The first-order chi connectivity index (χ1) is 8.97. The lowest BCUT2D eigenvalue weighted by Gasteiger charge is -2.23. The number of amides is 1. The molecule has 0 spiro atoms. The quantitative estimate of drug-likeness (QED) is 0.872. The molecule has 1 rings (SSSR count). The zero-order valence-corrected chi connectivity index (χ0v) is 12.8. The number of carbonyl (C=O) groups excluding carboxylic acids is 1. The molecule has 1 unspecified atom stereocenters. The number of hydrogen-bond acceptors (Lipinski definition) is 3. The predicted molar refractivity (Wildman–Crippen MR) is 78.7 cm³/mol. The molecule has 0 aliphatic rings. The Balaban J connectivity index is 2.63. The fourth-order valence-electron chi connectivity index (χ4n) is 1.91. The van der Waals surface area contributed by atoms with E-state index in [-0.39, 0.29) is 11.9 Å². The van der Waals surface area contributed by atoms with Crippen molar-refractivity contribution in [1.29, 1.82) is 0 Å². The van der Waals surface area contributed by atoms with Gasteiger partial charge in [0.15, 0.2) is 0 Å². The normalized spacial score (nSPS) is 12.5. The molecule has 0 bridgehead atoms. The van der Waals surface area contributed by atoms with E-state index in [0.717, 1.165) is 25.3 Å². The number of aromatic nitrogens is 1. The molecule has 4 nitrogen and oxygen atoms in total. The van der Waals surface area contributed by atoms with Crippen LogP contribution in [0.15, 0.2) is 12.3 Å². The number of nitrogens with zero attached hydrogens (tertiary/aromatic N) is 2. The van der Waals surface area contributed by atoms with Crippen LogP contribution in [0.3, 0.4) is 0 Å². The fourth-order valence-corrected chi connectivity index (χ4v) is 2.20. The van der Waals surface area contributed by atoms with E-state index in [9.17, 15) is 4.79 Å². The van der Waals surface area contributed by atoms with Crippen LogP contribution in [0.5, 0.6) is 0 Å². The van der Waals surface area contributed by atoms with Gasteiger partial charge in [0, 0.05) is 24.5 Å². The Morgan fingerprint density at radius 3 is 2.63 bits per heavy atom. The molecule has 0 saturated carbocycles. The number of rotatable bonds is 6. The minimum absolute atomic E-state index is 0.0739. The molecule has 1 atom stereocenters. The number of carbonyl (C=O) groups is 1. The summed E-state index contributed by atoms with van der Waals surface area (Å²) in [5.41, 5.74) is 1.23. The van der Waals surface area contributed by atoms with E-state index in [1.54, 1.807) is 6.07 Å². The average molecular weight is 284 g/mol. The Morgan fingerprint density at radius 1 is 1.47 bits per heavy atom. The van der Waals surface area contributed by atoms with E-state index < -0.39 is 0 Å². The number of pyridine rings is 1. The van der Waals surface area contributed by atoms with Crippen LogP contribution in [0, 0.1) is 6.92 Å². The molecule has 1 N–H and O–H groups in total. The van der Waals surface area contributed by atoms with Crippen molar-refractivity contribution in [2.24, 2.45) is 0 Å². The monoisotopic (exact) mass is 283 g/mol. The summed E-state index contributed by atoms with van der Waals surface area (Å²) < 4.78 is 0. The number of nitrogens with one attached hydrogen (secondary N) is 1. The van der Waals surface area contributed by atoms with Crippen molar-refractivity contribution < 1.29 is 4.79 Å². The van der Waals surface area contributed by atoms with E-state index in [1.165, 1.54) is 6.20 Å². The van der Waals surface area contributed by atoms with Gasteiger partial charge in [0.1, 0.15) is 0 Å². The van der Waals surface area contributed by atoms with Gasteiger partial charge in [-0.05, 0) is 33.0 Å². The van der Waals surface area contributed by atoms with Gasteiger partial charge in [-0.2, -0.15) is 0 Å². The van der Waals surface area contributed by atoms with Gasteiger partial charge in [0.05, 0.1) is 10.6 Å². The van der Waals surface area contributed by atoms with Crippen molar-refractivity contribution in [3.8, 4) is 0 Å². The van der Waals surface area contributed by atoms with Gasteiger partial charge in [0.2, 0.25) is 0 Å². The molecule has 1 aromatic heterocycles. The molecule has 1 heterocycles. The third kappa shape index (κ3) is 4.80. The Bertz CT molecular complexity index is 433. The van der Waals surface area contributed by atoms with E-state index in [0.29, 0.717) is 10.6 Å².